The smallest absolute Gasteiger partial charge is 0.238 e. The van der Waals surface area contributed by atoms with E-state index in [1.54, 1.807) is 6.07 Å². The number of hydrogen-bond donors (Lipinski definition) is 2. The second-order valence-corrected chi connectivity index (χ2v) is 10.6. The first-order chi connectivity index (χ1) is 15.1. The van der Waals surface area contributed by atoms with Gasteiger partial charge in [-0.3, -0.25) is 4.72 Å². The number of rotatable bonds is 11. The van der Waals surface area contributed by atoms with Gasteiger partial charge in [-0.15, -0.1) is 6.58 Å². The van der Waals surface area contributed by atoms with Gasteiger partial charge in [0.15, 0.2) is 11.6 Å². The van der Waals surface area contributed by atoms with E-state index < -0.39 is 37.9 Å². The fraction of sp³-hybridized carbons (Fsp3) is 0.333. The Morgan fingerprint density at radius 1 is 1.16 bits per heavy atom. The van der Waals surface area contributed by atoms with E-state index in [4.69, 9.17) is 9.47 Å². The van der Waals surface area contributed by atoms with Crippen molar-refractivity contribution in [2.45, 2.75) is 24.0 Å². The number of sulfonamides is 1. The number of anilines is 3. The van der Waals surface area contributed by atoms with Gasteiger partial charge in [0, 0.05) is 16.7 Å². The lowest BCUT2D eigenvalue weighted by Crippen LogP contribution is -2.30. The average molecular weight is 582 g/mol. The Morgan fingerprint density at radius 3 is 2.47 bits per heavy atom. The molecule has 2 N–H and O–H groups in total. The third kappa shape index (κ3) is 5.15. The van der Waals surface area contributed by atoms with Gasteiger partial charge in [-0.05, 0) is 60.1 Å². The maximum atomic E-state index is 14.9. The number of hydrogen-bond acceptors (Lipinski definition) is 5. The molecule has 0 aliphatic heterocycles. The van der Waals surface area contributed by atoms with Crippen molar-refractivity contribution in [2.24, 2.45) is 0 Å². The molecule has 6 nitrogen and oxygen atoms in total. The standard InChI is InChI=1S/C21H22F3IN2O4S/c1-3-6-21(7-8-21)32(28,29)27-19-17(31-10-9-30-2)12-15(23)18(24)20(19)26-16-5-4-13(25)11-14(16)22/h3-5,11-12,26-27H,1,6-10H2,2H3. The Labute approximate surface area is 198 Å². The van der Waals surface area contributed by atoms with Crippen molar-refractivity contribution in [1.29, 1.82) is 0 Å². The van der Waals surface area contributed by atoms with Crippen molar-refractivity contribution in [1.82, 2.24) is 0 Å². The molecule has 0 bridgehead atoms. The monoisotopic (exact) mass is 582 g/mol. The van der Waals surface area contributed by atoms with Crippen LogP contribution >= 0.6 is 22.6 Å². The van der Waals surface area contributed by atoms with E-state index in [-0.39, 0.29) is 36.8 Å². The number of allylic oxidation sites excluding steroid dienone is 1. The van der Waals surface area contributed by atoms with E-state index in [9.17, 15) is 21.6 Å². The molecule has 0 spiro atoms. The van der Waals surface area contributed by atoms with E-state index in [2.05, 4.69) is 16.6 Å². The molecule has 3 rings (SSSR count). The van der Waals surface area contributed by atoms with Gasteiger partial charge in [-0.25, -0.2) is 21.6 Å². The van der Waals surface area contributed by atoms with Crippen LogP contribution in [0.3, 0.4) is 0 Å². The van der Waals surface area contributed by atoms with Crippen molar-refractivity contribution in [3.05, 3.63) is 57.9 Å². The van der Waals surface area contributed by atoms with E-state index in [0.29, 0.717) is 16.4 Å². The number of ether oxygens (including phenoxy) is 2. The maximum absolute atomic E-state index is 14.9. The highest BCUT2D eigenvalue weighted by atomic mass is 127. The first-order valence-electron chi connectivity index (χ1n) is 9.63. The molecule has 11 heteroatoms. The van der Waals surface area contributed by atoms with Crippen LogP contribution in [0.4, 0.5) is 30.2 Å². The van der Waals surface area contributed by atoms with Crippen LogP contribution in [0.2, 0.25) is 0 Å². The number of benzene rings is 2. The molecule has 0 aromatic heterocycles. The van der Waals surface area contributed by atoms with Crippen LogP contribution in [0.5, 0.6) is 5.75 Å². The SMILES string of the molecule is C=CCC1(S(=O)(=O)Nc2c(OCCOC)cc(F)c(F)c2Nc2ccc(I)cc2F)CC1. The lowest BCUT2D eigenvalue weighted by Gasteiger charge is -2.22. The third-order valence-corrected chi connectivity index (χ3v) is 7.91. The molecule has 2 aromatic rings. The summed E-state index contributed by atoms with van der Waals surface area (Å²) in [6.45, 7) is 3.67. The molecular weight excluding hydrogens is 560 g/mol. The summed E-state index contributed by atoms with van der Waals surface area (Å²) < 4.78 is 82.1. The van der Waals surface area contributed by atoms with Crippen LogP contribution in [0.1, 0.15) is 19.3 Å². The predicted octanol–water partition coefficient (Wildman–Crippen LogP) is 5.33. The fourth-order valence-electron chi connectivity index (χ4n) is 3.12. The molecular formula is C21H22F3IN2O4S. The summed E-state index contributed by atoms with van der Waals surface area (Å²) in [7, 11) is -2.61. The lowest BCUT2D eigenvalue weighted by atomic mass is 10.2. The van der Waals surface area contributed by atoms with Gasteiger partial charge in [-0.1, -0.05) is 6.08 Å². The first-order valence-corrected chi connectivity index (χ1v) is 12.2. The van der Waals surface area contributed by atoms with Crippen molar-refractivity contribution in [2.75, 3.05) is 30.4 Å². The van der Waals surface area contributed by atoms with E-state index in [1.165, 1.54) is 25.3 Å². The summed E-state index contributed by atoms with van der Waals surface area (Å²) in [5, 5.41) is 2.48. The molecule has 32 heavy (non-hydrogen) atoms. The third-order valence-electron chi connectivity index (χ3n) is 5.05. The Morgan fingerprint density at radius 2 is 1.88 bits per heavy atom. The van der Waals surface area contributed by atoms with Gasteiger partial charge < -0.3 is 14.8 Å². The summed E-state index contributed by atoms with van der Waals surface area (Å²) in [6.07, 6.45) is 2.48. The molecule has 174 valence electrons. The Kier molecular flexibility index (Phi) is 7.61. The maximum Gasteiger partial charge on any atom is 0.238 e. The quantitative estimate of drug-likeness (QED) is 0.213. The molecule has 0 atom stereocenters. The van der Waals surface area contributed by atoms with Crippen molar-refractivity contribution >= 4 is 49.7 Å². The minimum absolute atomic E-state index is 0.0502. The number of halogens is 4. The van der Waals surface area contributed by atoms with Crippen molar-refractivity contribution < 1.29 is 31.1 Å². The van der Waals surface area contributed by atoms with E-state index >= 15 is 0 Å². The van der Waals surface area contributed by atoms with Gasteiger partial charge >= 0.3 is 0 Å². The van der Waals surface area contributed by atoms with Gasteiger partial charge in [0.1, 0.15) is 29.5 Å². The molecule has 0 amide bonds. The molecule has 0 unspecified atom stereocenters. The van der Waals surface area contributed by atoms with Crippen LogP contribution in [-0.4, -0.2) is 33.5 Å². The van der Waals surface area contributed by atoms with Crippen molar-refractivity contribution in [3.63, 3.8) is 0 Å². The highest BCUT2D eigenvalue weighted by Crippen LogP contribution is 2.49. The molecule has 1 saturated carbocycles. The second-order valence-electron chi connectivity index (χ2n) is 7.29. The topological polar surface area (TPSA) is 76.7 Å². The fourth-order valence-corrected chi connectivity index (χ4v) is 5.24. The highest BCUT2D eigenvalue weighted by Gasteiger charge is 2.54. The Hall–Kier alpha value is -1.99. The second kappa shape index (κ2) is 9.87. The Balaban J connectivity index is 2.10. The van der Waals surface area contributed by atoms with Crippen molar-refractivity contribution in [3.8, 4) is 5.75 Å². The molecule has 1 fully saturated rings. The van der Waals surface area contributed by atoms with E-state index in [1.807, 2.05) is 22.6 Å². The van der Waals surface area contributed by atoms with Gasteiger partial charge in [0.05, 0.1) is 17.0 Å². The largest absolute Gasteiger partial charge is 0.489 e. The summed E-state index contributed by atoms with van der Waals surface area (Å²) in [5.41, 5.74) is -1.10. The predicted molar refractivity (Wildman–Crippen MR) is 125 cm³/mol. The summed E-state index contributed by atoms with van der Waals surface area (Å²) >= 11 is 1.90. The normalized spacial score (nSPS) is 14.7. The number of methoxy groups -OCH3 is 1. The first kappa shape index (κ1) is 24.6. The molecule has 2 aromatic carbocycles. The van der Waals surface area contributed by atoms with Crippen LogP contribution in [-0.2, 0) is 14.8 Å². The zero-order valence-corrected chi connectivity index (χ0v) is 20.2. The van der Waals surface area contributed by atoms with Crippen LogP contribution in [0, 0.1) is 21.0 Å². The van der Waals surface area contributed by atoms with Crippen LogP contribution in [0.15, 0.2) is 36.9 Å². The van der Waals surface area contributed by atoms with Gasteiger partial charge in [-0.2, -0.15) is 0 Å². The minimum atomic E-state index is -4.03. The number of nitrogens with one attached hydrogen (secondary N) is 2. The lowest BCUT2D eigenvalue weighted by molar-refractivity contribution is 0.146. The van der Waals surface area contributed by atoms with Crippen LogP contribution < -0.4 is 14.8 Å². The van der Waals surface area contributed by atoms with Gasteiger partial charge in [0.2, 0.25) is 10.0 Å². The van der Waals surface area contributed by atoms with Crippen LogP contribution in [0.25, 0.3) is 0 Å². The summed E-state index contributed by atoms with van der Waals surface area (Å²) in [5.74, 6) is -3.65. The zero-order chi connectivity index (χ0) is 23.5. The molecule has 0 saturated heterocycles. The van der Waals surface area contributed by atoms with E-state index in [0.717, 1.165) is 6.07 Å². The highest BCUT2D eigenvalue weighted by molar-refractivity contribution is 14.1. The molecule has 1 aliphatic carbocycles. The molecule has 0 heterocycles. The molecule has 0 radical (unpaired) electrons. The average Bonchev–Trinajstić information content (AvgIpc) is 3.52. The van der Waals surface area contributed by atoms with Gasteiger partial charge in [0.25, 0.3) is 0 Å². The summed E-state index contributed by atoms with van der Waals surface area (Å²) in [4.78, 5) is 0. The molecule has 1 aliphatic rings. The Bertz CT molecular complexity index is 1120. The zero-order valence-electron chi connectivity index (χ0n) is 17.2. The minimum Gasteiger partial charge on any atom is -0.489 e. The summed E-state index contributed by atoms with van der Waals surface area (Å²) in [6, 6.07) is 4.84.